The summed E-state index contributed by atoms with van der Waals surface area (Å²) >= 11 is 0. The van der Waals surface area contributed by atoms with Crippen LogP contribution in [0.15, 0.2) is 24.5 Å². The Morgan fingerprint density at radius 2 is 2.10 bits per heavy atom. The Balaban J connectivity index is 2.31. The monoisotopic (exact) mass is 288 g/mol. The van der Waals surface area contributed by atoms with Gasteiger partial charge in [0, 0.05) is 6.20 Å². The molecule has 0 aliphatic rings. The smallest absolute Gasteiger partial charge is 0.361 e. The second kappa shape index (κ2) is 5.55. The predicted octanol–water partition coefficient (Wildman–Crippen LogP) is 2.32. The molecule has 2 heterocycles. The van der Waals surface area contributed by atoms with Crippen molar-refractivity contribution >= 4 is 11.7 Å². The van der Waals surface area contributed by atoms with Gasteiger partial charge in [0.15, 0.2) is 11.5 Å². The zero-order chi connectivity index (χ0) is 15.6. The van der Waals surface area contributed by atoms with Gasteiger partial charge < -0.3 is 10.5 Å². The van der Waals surface area contributed by atoms with E-state index in [1.165, 1.54) is 4.68 Å². The molecule has 0 amide bonds. The number of rotatable bonds is 3. The van der Waals surface area contributed by atoms with Crippen LogP contribution in [-0.4, -0.2) is 27.3 Å². The lowest BCUT2D eigenvalue weighted by Crippen LogP contribution is -2.12. The molecule has 0 saturated carbocycles. The maximum Gasteiger partial charge on any atom is 0.361 e. The van der Waals surface area contributed by atoms with Gasteiger partial charge >= 0.3 is 5.97 Å². The van der Waals surface area contributed by atoms with Gasteiger partial charge in [-0.1, -0.05) is 26.8 Å². The van der Waals surface area contributed by atoms with Gasteiger partial charge in [-0.25, -0.2) is 14.5 Å². The van der Waals surface area contributed by atoms with Gasteiger partial charge in [-0.3, -0.25) is 0 Å². The lowest BCUT2D eigenvalue weighted by molar-refractivity contribution is 0.0520. The molecular formula is C15H20N4O2. The van der Waals surface area contributed by atoms with Crippen molar-refractivity contribution in [2.24, 2.45) is 0 Å². The molecule has 6 heteroatoms. The molecule has 0 aliphatic heterocycles. The molecule has 0 fully saturated rings. The van der Waals surface area contributed by atoms with Gasteiger partial charge in [-0.2, -0.15) is 5.10 Å². The van der Waals surface area contributed by atoms with Gasteiger partial charge in [0.1, 0.15) is 0 Å². The Morgan fingerprint density at radius 3 is 2.62 bits per heavy atom. The minimum absolute atomic E-state index is 0.0325. The molecule has 2 rings (SSSR count). The van der Waals surface area contributed by atoms with Crippen LogP contribution in [-0.2, 0) is 10.2 Å². The molecule has 0 bridgehead atoms. The highest BCUT2D eigenvalue weighted by Crippen LogP contribution is 2.22. The van der Waals surface area contributed by atoms with E-state index in [1.807, 2.05) is 12.1 Å². The molecule has 6 nitrogen and oxygen atoms in total. The van der Waals surface area contributed by atoms with Crippen molar-refractivity contribution in [2.75, 3.05) is 12.3 Å². The summed E-state index contributed by atoms with van der Waals surface area (Å²) in [7, 11) is 0. The summed E-state index contributed by atoms with van der Waals surface area (Å²) in [5.74, 6) is 0.0744. The maximum atomic E-state index is 11.7. The van der Waals surface area contributed by atoms with Crippen LogP contribution in [0.2, 0.25) is 0 Å². The lowest BCUT2D eigenvalue weighted by Gasteiger charge is -2.18. The Bertz CT molecular complexity index is 639. The zero-order valence-corrected chi connectivity index (χ0v) is 12.8. The number of nitrogens with two attached hydrogens (primary N) is 1. The summed E-state index contributed by atoms with van der Waals surface area (Å²) in [5, 5.41) is 4.15. The number of nitrogens with zero attached hydrogens (tertiary/aromatic N) is 3. The Hall–Kier alpha value is -2.37. The van der Waals surface area contributed by atoms with Gasteiger partial charge in [-0.15, -0.1) is 0 Å². The van der Waals surface area contributed by atoms with E-state index in [-0.39, 0.29) is 23.4 Å². The second-order valence-electron chi connectivity index (χ2n) is 5.75. The van der Waals surface area contributed by atoms with Crippen LogP contribution >= 0.6 is 0 Å². The van der Waals surface area contributed by atoms with Crippen LogP contribution in [0.4, 0.5) is 5.69 Å². The standard InChI is InChI=1S/C15H20N4O2/c1-5-21-14(20)13-11(16)9-19(18-13)12-7-6-10(8-17-12)15(2,3)4/h6-9H,5,16H2,1-4H3. The van der Waals surface area contributed by atoms with Crippen LogP contribution < -0.4 is 5.73 Å². The van der Waals surface area contributed by atoms with E-state index in [0.29, 0.717) is 5.82 Å². The van der Waals surface area contributed by atoms with Crippen molar-refractivity contribution in [3.05, 3.63) is 35.8 Å². The lowest BCUT2D eigenvalue weighted by atomic mass is 9.88. The molecule has 2 N–H and O–H groups in total. The van der Waals surface area contributed by atoms with Gasteiger partial charge in [0.2, 0.25) is 0 Å². The quantitative estimate of drug-likeness (QED) is 0.876. The average Bonchev–Trinajstić information content (AvgIpc) is 2.80. The summed E-state index contributed by atoms with van der Waals surface area (Å²) in [5.41, 5.74) is 7.33. The van der Waals surface area contributed by atoms with E-state index < -0.39 is 5.97 Å². The van der Waals surface area contributed by atoms with Crippen molar-refractivity contribution < 1.29 is 9.53 Å². The summed E-state index contributed by atoms with van der Waals surface area (Å²) in [6, 6.07) is 3.84. The average molecular weight is 288 g/mol. The third-order valence-corrected chi connectivity index (χ3v) is 3.06. The van der Waals surface area contributed by atoms with E-state index in [0.717, 1.165) is 5.56 Å². The van der Waals surface area contributed by atoms with Crippen LogP contribution in [0.3, 0.4) is 0 Å². The Morgan fingerprint density at radius 1 is 1.38 bits per heavy atom. The van der Waals surface area contributed by atoms with Crippen LogP contribution in [0, 0.1) is 0 Å². The number of esters is 1. The number of anilines is 1. The predicted molar refractivity (Wildman–Crippen MR) is 80.4 cm³/mol. The fraction of sp³-hybridized carbons (Fsp3) is 0.400. The highest BCUT2D eigenvalue weighted by Gasteiger charge is 2.18. The minimum atomic E-state index is -0.528. The summed E-state index contributed by atoms with van der Waals surface area (Å²) in [6.45, 7) is 8.37. The van der Waals surface area contributed by atoms with Gasteiger partial charge in [0.05, 0.1) is 18.5 Å². The van der Waals surface area contributed by atoms with E-state index >= 15 is 0 Å². The third kappa shape index (κ3) is 3.21. The van der Waals surface area contributed by atoms with Crippen molar-refractivity contribution in [1.82, 2.24) is 14.8 Å². The molecule has 21 heavy (non-hydrogen) atoms. The van der Waals surface area contributed by atoms with Crippen molar-refractivity contribution in [2.45, 2.75) is 33.1 Å². The van der Waals surface area contributed by atoms with Crippen LogP contribution in [0.25, 0.3) is 5.82 Å². The molecule has 0 spiro atoms. The highest BCUT2D eigenvalue weighted by molar-refractivity contribution is 5.92. The van der Waals surface area contributed by atoms with Crippen LogP contribution in [0.1, 0.15) is 43.7 Å². The SMILES string of the molecule is CCOC(=O)c1nn(-c2ccc(C(C)(C)C)cn2)cc1N. The largest absolute Gasteiger partial charge is 0.461 e. The Labute approximate surface area is 123 Å². The topological polar surface area (TPSA) is 83.0 Å². The highest BCUT2D eigenvalue weighted by atomic mass is 16.5. The zero-order valence-electron chi connectivity index (χ0n) is 12.8. The molecule has 0 atom stereocenters. The van der Waals surface area contributed by atoms with Gasteiger partial charge in [0.25, 0.3) is 0 Å². The fourth-order valence-corrected chi connectivity index (χ4v) is 1.83. The molecule has 2 aromatic heterocycles. The first kappa shape index (κ1) is 15.0. The summed E-state index contributed by atoms with van der Waals surface area (Å²) in [4.78, 5) is 16.1. The van der Waals surface area contributed by atoms with Crippen LogP contribution in [0.5, 0.6) is 0 Å². The molecule has 0 aromatic carbocycles. The summed E-state index contributed by atoms with van der Waals surface area (Å²) < 4.78 is 6.39. The molecule has 0 aliphatic carbocycles. The molecule has 2 aromatic rings. The second-order valence-corrected chi connectivity index (χ2v) is 5.75. The van der Waals surface area contributed by atoms with E-state index in [9.17, 15) is 4.79 Å². The fourth-order valence-electron chi connectivity index (χ4n) is 1.83. The molecule has 0 radical (unpaired) electrons. The number of hydrogen-bond donors (Lipinski definition) is 1. The number of aromatic nitrogens is 3. The molecular weight excluding hydrogens is 268 g/mol. The van der Waals surface area contributed by atoms with Crippen molar-refractivity contribution in [3.63, 3.8) is 0 Å². The number of ether oxygens (including phenoxy) is 1. The number of hydrogen-bond acceptors (Lipinski definition) is 5. The third-order valence-electron chi connectivity index (χ3n) is 3.06. The van der Waals surface area contributed by atoms with Crippen molar-refractivity contribution in [1.29, 1.82) is 0 Å². The maximum absolute atomic E-state index is 11.7. The number of pyridine rings is 1. The van der Waals surface area contributed by atoms with E-state index in [1.54, 1.807) is 19.3 Å². The summed E-state index contributed by atoms with van der Waals surface area (Å²) in [6.07, 6.45) is 3.36. The molecule has 112 valence electrons. The van der Waals surface area contributed by atoms with E-state index in [4.69, 9.17) is 10.5 Å². The van der Waals surface area contributed by atoms with E-state index in [2.05, 4.69) is 30.9 Å². The first-order valence-corrected chi connectivity index (χ1v) is 6.82. The van der Waals surface area contributed by atoms with Crippen molar-refractivity contribution in [3.8, 4) is 5.82 Å². The molecule has 0 saturated heterocycles. The minimum Gasteiger partial charge on any atom is -0.461 e. The number of carbonyl (C=O) groups is 1. The molecule has 0 unspecified atom stereocenters. The first-order valence-electron chi connectivity index (χ1n) is 6.82. The van der Waals surface area contributed by atoms with Gasteiger partial charge in [-0.05, 0) is 24.0 Å². The number of nitrogen functional groups attached to an aromatic ring is 1. The first-order chi connectivity index (χ1) is 9.82. The Kier molecular flexibility index (Phi) is 3.97. The number of carbonyl (C=O) groups excluding carboxylic acids is 1. The normalized spacial score (nSPS) is 11.4.